The third kappa shape index (κ3) is 5.64. The highest BCUT2D eigenvalue weighted by Crippen LogP contribution is 2.34. The Kier molecular flexibility index (Phi) is 8.00. The van der Waals surface area contributed by atoms with Gasteiger partial charge in [0.15, 0.2) is 17.5 Å². The summed E-state index contributed by atoms with van der Waals surface area (Å²) in [5.41, 5.74) is 0.295. The molecule has 0 radical (unpaired) electrons. The van der Waals surface area contributed by atoms with Crippen molar-refractivity contribution in [3.63, 3.8) is 0 Å². The molecule has 2 fully saturated rings. The van der Waals surface area contributed by atoms with Gasteiger partial charge in [-0.1, -0.05) is 10.4 Å². The van der Waals surface area contributed by atoms with Gasteiger partial charge < -0.3 is 24.6 Å². The first-order valence-corrected chi connectivity index (χ1v) is 14.4. The molecule has 218 valence electrons. The molecule has 5 rings (SSSR count). The number of halogens is 3. The van der Waals surface area contributed by atoms with Gasteiger partial charge >= 0.3 is 0 Å². The molecular formula is C24H28F3N5O7S. The fraction of sp³-hybridized carbons (Fsp3) is 0.542. The minimum Gasteiger partial charge on any atom is -0.394 e. The minimum absolute atomic E-state index is 0.0362. The van der Waals surface area contributed by atoms with Gasteiger partial charge in [-0.2, -0.15) is 0 Å². The summed E-state index contributed by atoms with van der Waals surface area (Å²) in [6.07, 6.45) is -1.33. The number of aromatic nitrogens is 4. The Bertz CT molecular complexity index is 1440. The highest BCUT2D eigenvalue weighted by Gasteiger charge is 2.46. The molecule has 0 amide bonds. The summed E-state index contributed by atoms with van der Waals surface area (Å²) < 4.78 is 78.1. The predicted octanol–water partition coefficient (Wildman–Crippen LogP) is 0.755. The molecule has 4 heterocycles. The van der Waals surface area contributed by atoms with Crippen LogP contribution in [0.25, 0.3) is 11.3 Å². The summed E-state index contributed by atoms with van der Waals surface area (Å²) in [5, 5.41) is 43.6. The Balaban J connectivity index is 1.32. The van der Waals surface area contributed by atoms with Gasteiger partial charge in [-0.25, -0.2) is 30.6 Å². The van der Waals surface area contributed by atoms with E-state index < -0.39 is 64.5 Å². The van der Waals surface area contributed by atoms with Gasteiger partial charge in [-0.15, -0.1) is 5.10 Å². The first-order valence-electron chi connectivity index (χ1n) is 12.6. The smallest absolute Gasteiger partial charge is 0.211 e. The van der Waals surface area contributed by atoms with Crippen LogP contribution in [-0.4, -0.2) is 98.6 Å². The Labute approximate surface area is 227 Å². The van der Waals surface area contributed by atoms with Crippen molar-refractivity contribution >= 4 is 10.0 Å². The molecule has 40 heavy (non-hydrogen) atoms. The fourth-order valence-corrected chi connectivity index (χ4v) is 6.09. The topological polar surface area (TPSA) is 164 Å². The van der Waals surface area contributed by atoms with Crippen molar-refractivity contribution in [2.24, 2.45) is 0 Å². The van der Waals surface area contributed by atoms with E-state index in [1.165, 1.54) is 16.8 Å². The van der Waals surface area contributed by atoms with Crippen LogP contribution in [-0.2, 0) is 21.2 Å². The summed E-state index contributed by atoms with van der Waals surface area (Å²) in [7, 11) is -3.27. The number of ether oxygens (including phenoxy) is 1. The Morgan fingerprint density at radius 1 is 1.05 bits per heavy atom. The van der Waals surface area contributed by atoms with Crippen LogP contribution in [0.1, 0.15) is 36.3 Å². The second-order valence-electron chi connectivity index (χ2n) is 10.1. The molecule has 2 saturated heterocycles. The number of benzene rings is 1. The molecule has 0 bridgehead atoms. The predicted molar refractivity (Wildman–Crippen MR) is 131 cm³/mol. The normalized spacial score (nSPS) is 26.8. The lowest BCUT2D eigenvalue weighted by Gasteiger charge is -2.42. The molecule has 0 spiro atoms. The summed E-state index contributed by atoms with van der Waals surface area (Å²) in [5.74, 6) is -3.92. The zero-order valence-corrected chi connectivity index (χ0v) is 22.1. The third-order valence-electron chi connectivity index (χ3n) is 7.40. The lowest BCUT2D eigenvalue weighted by atomic mass is 9.90. The second kappa shape index (κ2) is 11.2. The maximum absolute atomic E-state index is 13.7. The van der Waals surface area contributed by atoms with Crippen LogP contribution < -0.4 is 0 Å². The first-order chi connectivity index (χ1) is 19.0. The SMILES string of the molecule is CS(=O)(=O)N1CCC(c2cc(C[C@H]3O[C@H](CO)[C@H](O)[C@H](n4cc(-c5cc(F)c(F)c(F)c5)nn4)[C@H]3O)no2)CC1. The van der Waals surface area contributed by atoms with Gasteiger partial charge in [0, 0.05) is 37.1 Å². The second-order valence-corrected chi connectivity index (χ2v) is 12.0. The summed E-state index contributed by atoms with van der Waals surface area (Å²) in [6, 6.07) is 2.03. The zero-order chi connectivity index (χ0) is 28.8. The number of hydrogen-bond acceptors (Lipinski definition) is 10. The Hall–Kier alpha value is -2.89. The number of aliphatic hydroxyl groups excluding tert-OH is 3. The fourth-order valence-electron chi connectivity index (χ4n) is 5.21. The van der Waals surface area contributed by atoms with Gasteiger partial charge in [0.2, 0.25) is 10.0 Å². The van der Waals surface area contributed by atoms with Crippen LogP contribution in [0.4, 0.5) is 13.2 Å². The van der Waals surface area contributed by atoms with Crippen molar-refractivity contribution in [1.82, 2.24) is 24.5 Å². The monoisotopic (exact) mass is 587 g/mol. The quantitative estimate of drug-likeness (QED) is 0.336. The van der Waals surface area contributed by atoms with E-state index in [4.69, 9.17) is 9.26 Å². The van der Waals surface area contributed by atoms with E-state index >= 15 is 0 Å². The largest absolute Gasteiger partial charge is 0.394 e. The number of sulfonamides is 1. The van der Waals surface area contributed by atoms with Crippen molar-refractivity contribution in [1.29, 1.82) is 0 Å². The van der Waals surface area contributed by atoms with E-state index in [1.54, 1.807) is 6.07 Å². The van der Waals surface area contributed by atoms with E-state index in [-0.39, 0.29) is 23.6 Å². The third-order valence-corrected chi connectivity index (χ3v) is 8.70. The molecule has 3 aromatic rings. The Morgan fingerprint density at radius 3 is 2.33 bits per heavy atom. The molecule has 0 saturated carbocycles. The van der Waals surface area contributed by atoms with Crippen LogP contribution >= 0.6 is 0 Å². The molecule has 2 aliphatic heterocycles. The van der Waals surface area contributed by atoms with E-state index in [0.717, 1.165) is 16.8 Å². The van der Waals surface area contributed by atoms with Crippen molar-refractivity contribution in [3.8, 4) is 11.3 Å². The lowest BCUT2D eigenvalue weighted by molar-refractivity contribution is -0.205. The van der Waals surface area contributed by atoms with Crippen molar-refractivity contribution in [2.45, 2.75) is 55.6 Å². The maximum atomic E-state index is 13.7. The zero-order valence-electron chi connectivity index (χ0n) is 21.3. The van der Waals surface area contributed by atoms with Crippen molar-refractivity contribution in [3.05, 3.63) is 53.3 Å². The van der Waals surface area contributed by atoms with Gasteiger partial charge in [-0.05, 0) is 25.0 Å². The minimum atomic E-state index is -3.27. The number of aliphatic hydroxyl groups is 3. The van der Waals surface area contributed by atoms with Crippen molar-refractivity contribution < 1.29 is 46.2 Å². The van der Waals surface area contributed by atoms with Crippen molar-refractivity contribution in [2.75, 3.05) is 26.0 Å². The van der Waals surface area contributed by atoms with Crippen LogP contribution in [0.2, 0.25) is 0 Å². The number of nitrogens with zero attached hydrogens (tertiary/aromatic N) is 5. The molecule has 0 aliphatic carbocycles. The number of piperidine rings is 1. The molecule has 1 aromatic carbocycles. The van der Waals surface area contributed by atoms with Crippen LogP contribution in [0.15, 0.2) is 28.9 Å². The standard InChI is InChI=1S/C24H28F3N5O7S/c1-40(36,37)31-4-2-12(3-5-31)18-8-14(29-39-18)9-19-23(34)22(24(35)20(11-33)38-19)32-10-17(28-30-32)13-6-15(25)21(27)16(26)7-13/h6-8,10,12,19-20,22-24,33-35H,2-5,9,11H2,1H3/t19-,20-,22-,23+,24+/m1/s1. The molecule has 5 atom stereocenters. The van der Waals surface area contributed by atoms with Gasteiger partial charge in [0.05, 0.1) is 30.9 Å². The summed E-state index contributed by atoms with van der Waals surface area (Å²) in [4.78, 5) is 0. The maximum Gasteiger partial charge on any atom is 0.211 e. The molecule has 2 aromatic heterocycles. The summed E-state index contributed by atoms with van der Waals surface area (Å²) in [6.45, 7) is 0.136. The molecular weight excluding hydrogens is 559 g/mol. The van der Waals surface area contributed by atoms with E-state index in [2.05, 4.69) is 15.5 Å². The average Bonchev–Trinajstić information content (AvgIpc) is 3.59. The average molecular weight is 588 g/mol. The molecule has 3 N–H and O–H groups in total. The highest BCUT2D eigenvalue weighted by atomic mass is 32.2. The van der Waals surface area contributed by atoms with Gasteiger partial charge in [0.25, 0.3) is 0 Å². The molecule has 16 heteroatoms. The van der Waals surface area contributed by atoms with E-state index in [9.17, 15) is 36.9 Å². The molecule has 0 unspecified atom stereocenters. The first kappa shape index (κ1) is 28.6. The van der Waals surface area contributed by atoms with Crippen LogP contribution in [0, 0.1) is 17.5 Å². The number of hydrogen-bond donors (Lipinski definition) is 3. The summed E-state index contributed by atoms with van der Waals surface area (Å²) >= 11 is 0. The molecule has 12 nitrogen and oxygen atoms in total. The van der Waals surface area contributed by atoms with Crippen LogP contribution in [0.5, 0.6) is 0 Å². The molecule has 2 aliphatic rings. The van der Waals surface area contributed by atoms with E-state index in [0.29, 0.717) is 37.4 Å². The lowest BCUT2D eigenvalue weighted by Crippen LogP contribution is -2.56. The highest BCUT2D eigenvalue weighted by molar-refractivity contribution is 7.88. The van der Waals surface area contributed by atoms with Gasteiger partial charge in [0.1, 0.15) is 35.8 Å². The van der Waals surface area contributed by atoms with Gasteiger partial charge in [-0.3, -0.25) is 0 Å². The number of rotatable bonds is 7. The Morgan fingerprint density at radius 2 is 1.70 bits per heavy atom. The van der Waals surface area contributed by atoms with Crippen LogP contribution in [0.3, 0.4) is 0 Å². The van der Waals surface area contributed by atoms with E-state index in [1.807, 2.05) is 0 Å².